The molecule has 0 radical (unpaired) electrons. The molecule has 3 aromatic rings. The van der Waals surface area contributed by atoms with Crippen LogP contribution in [0.2, 0.25) is 0 Å². The van der Waals surface area contributed by atoms with Crippen LogP contribution in [-0.4, -0.2) is 31.5 Å². The van der Waals surface area contributed by atoms with E-state index < -0.39 is 32.4 Å². The van der Waals surface area contributed by atoms with Gasteiger partial charge in [-0.05, 0) is 49.1 Å². The first kappa shape index (κ1) is 28.0. The smallest absolute Gasteiger partial charge is 0.416 e. The Morgan fingerprint density at radius 2 is 1.78 bits per heavy atom. The van der Waals surface area contributed by atoms with Gasteiger partial charge in [-0.25, -0.2) is 18.1 Å². The molecule has 0 saturated heterocycles. The van der Waals surface area contributed by atoms with E-state index in [-0.39, 0.29) is 23.9 Å². The van der Waals surface area contributed by atoms with Crippen LogP contribution in [0.1, 0.15) is 42.0 Å². The molecule has 1 heterocycles. The van der Waals surface area contributed by atoms with Crippen LogP contribution in [0, 0.1) is 10.1 Å². The topological polar surface area (TPSA) is 125 Å². The van der Waals surface area contributed by atoms with Crippen molar-refractivity contribution in [1.29, 1.82) is 0 Å². The number of hydrogen-bond acceptors (Lipinski definition) is 7. The Balaban J connectivity index is 1.33. The number of unbranched alkanes of at least 4 members (excludes halogenated alkanes) is 2. The Bertz CT molecular complexity index is 1320. The molecule has 37 heavy (non-hydrogen) atoms. The molecule has 13 heteroatoms. The summed E-state index contributed by atoms with van der Waals surface area (Å²) in [6, 6.07) is 9.85. The number of para-hydroxylation sites is 1. The Morgan fingerprint density at radius 1 is 1.05 bits per heavy atom. The molecule has 0 bridgehead atoms. The molecule has 0 saturated carbocycles. The average Bonchev–Trinajstić information content (AvgIpc) is 3.31. The number of nitro groups is 1. The molecule has 1 N–H and O–H groups in total. The molecule has 0 aliphatic rings. The van der Waals surface area contributed by atoms with Crippen LogP contribution in [0.15, 0.2) is 64.1 Å². The zero-order chi connectivity index (χ0) is 26.9. The Kier molecular flexibility index (Phi) is 9.55. The van der Waals surface area contributed by atoms with Crippen LogP contribution in [0.4, 0.5) is 18.9 Å². The molecule has 0 aliphatic carbocycles. The maximum Gasteiger partial charge on any atom is 0.416 e. The van der Waals surface area contributed by atoms with Crippen molar-refractivity contribution in [2.75, 3.05) is 13.2 Å². The molecule has 1 aromatic heterocycles. The first-order chi connectivity index (χ1) is 17.6. The van der Waals surface area contributed by atoms with Crippen LogP contribution < -0.4 is 4.72 Å². The molecule has 0 aliphatic heterocycles. The highest BCUT2D eigenvalue weighted by molar-refractivity contribution is 7.89. The summed E-state index contributed by atoms with van der Waals surface area (Å²) in [5.41, 5.74) is -0.0907. The zero-order valence-corrected chi connectivity index (χ0v) is 20.3. The van der Waals surface area contributed by atoms with E-state index in [1.165, 1.54) is 42.7 Å². The van der Waals surface area contributed by atoms with Crippen molar-refractivity contribution >= 4 is 27.9 Å². The number of oxazole rings is 1. The Labute approximate surface area is 211 Å². The molecule has 0 fully saturated rings. The van der Waals surface area contributed by atoms with Gasteiger partial charge in [-0.2, -0.15) is 13.2 Å². The molecule has 0 unspecified atom stereocenters. The van der Waals surface area contributed by atoms with Crippen LogP contribution in [0.25, 0.3) is 12.2 Å². The third-order valence-electron chi connectivity index (χ3n) is 5.08. The number of ether oxygens (including phenoxy) is 1. The minimum absolute atomic E-state index is 0.131. The fourth-order valence-electron chi connectivity index (χ4n) is 3.22. The minimum Gasteiger partial charge on any atom is -0.445 e. The lowest BCUT2D eigenvalue weighted by Gasteiger charge is -2.07. The first-order valence-corrected chi connectivity index (χ1v) is 12.7. The van der Waals surface area contributed by atoms with E-state index in [2.05, 4.69) is 9.71 Å². The van der Waals surface area contributed by atoms with E-state index in [1.54, 1.807) is 6.08 Å². The van der Waals surface area contributed by atoms with Gasteiger partial charge in [0, 0.05) is 25.3 Å². The highest BCUT2D eigenvalue weighted by Gasteiger charge is 2.29. The zero-order valence-electron chi connectivity index (χ0n) is 19.5. The van der Waals surface area contributed by atoms with Crippen molar-refractivity contribution in [3.63, 3.8) is 0 Å². The number of benzene rings is 2. The highest BCUT2D eigenvalue weighted by atomic mass is 32.2. The predicted octanol–water partition coefficient (Wildman–Crippen LogP) is 5.44. The molecule has 0 atom stereocenters. The van der Waals surface area contributed by atoms with Crippen molar-refractivity contribution < 1.29 is 35.7 Å². The molecule has 198 valence electrons. The molecular formula is C24H24F3N3O6S. The second-order valence-corrected chi connectivity index (χ2v) is 9.60. The lowest BCUT2D eigenvalue weighted by atomic mass is 10.1. The van der Waals surface area contributed by atoms with Gasteiger partial charge in [-0.1, -0.05) is 24.3 Å². The number of rotatable bonds is 13. The van der Waals surface area contributed by atoms with Gasteiger partial charge in [0.2, 0.25) is 15.9 Å². The van der Waals surface area contributed by atoms with Gasteiger partial charge in [-0.15, -0.1) is 0 Å². The molecule has 3 rings (SSSR count). The number of halogens is 3. The third-order valence-corrected chi connectivity index (χ3v) is 6.59. The van der Waals surface area contributed by atoms with Gasteiger partial charge in [0.25, 0.3) is 5.69 Å². The van der Waals surface area contributed by atoms with Crippen LogP contribution in [0.3, 0.4) is 0 Å². The summed E-state index contributed by atoms with van der Waals surface area (Å²) >= 11 is 0. The second-order valence-electron chi connectivity index (χ2n) is 7.87. The number of aromatic nitrogens is 1. The highest BCUT2D eigenvalue weighted by Crippen LogP contribution is 2.29. The summed E-state index contributed by atoms with van der Waals surface area (Å²) < 4.78 is 75.7. The maximum atomic E-state index is 12.6. The second kappa shape index (κ2) is 12.6. The summed E-state index contributed by atoms with van der Waals surface area (Å²) in [4.78, 5) is 14.1. The van der Waals surface area contributed by atoms with E-state index in [9.17, 15) is 31.7 Å². The van der Waals surface area contributed by atoms with Gasteiger partial charge < -0.3 is 9.15 Å². The molecule has 9 nitrogen and oxygen atoms in total. The van der Waals surface area contributed by atoms with Gasteiger partial charge in [0.1, 0.15) is 12.0 Å². The first-order valence-electron chi connectivity index (χ1n) is 11.2. The van der Waals surface area contributed by atoms with Gasteiger partial charge in [0.15, 0.2) is 4.90 Å². The monoisotopic (exact) mass is 539 g/mol. The van der Waals surface area contributed by atoms with E-state index >= 15 is 0 Å². The summed E-state index contributed by atoms with van der Waals surface area (Å²) in [5.74, 6) is 0.282. The fourth-order valence-corrected chi connectivity index (χ4v) is 4.46. The Morgan fingerprint density at radius 3 is 2.49 bits per heavy atom. The molecule has 2 aromatic carbocycles. The van der Waals surface area contributed by atoms with Gasteiger partial charge in [-0.3, -0.25) is 10.1 Å². The minimum atomic E-state index is -4.38. The number of nitrogens with one attached hydrogen (secondary N) is 1. The summed E-state index contributed by atoms with van der Waals surface area (Å²) in [7, 11) is -3.99. The van der Waals surface area contributed by atoms with Crippen LogP contribution in [-0.2, 0) is 27.5 Å². The predicted molar refractivity (Wildman–Crippen MR) is 129 cm³/mol. The SMILES string of the molecule is O=[N+]([O-])c1ccccc1S(=O)(=O)NCCCCCOCc1coc(/C=C/c2ccc(C(F)(F)F)cc2)n1. The third kappa shape index (κ3) is 8.51. The number of sulfonamides is 1. The van der Waals surface area contributed by atoms with E-state index in [1.807, 2.05) is 0 Å². The molecule has 0 amide bonds. The van der Waals surface area contributed by atoms with Gasteiger partial charge in [0.05, 0.1) is 17.1 Å². The van der Waals surface area contributed by atoms with E-state index in [4.69, 9.17) is 9.15 Å². The summed E-state index contributed by atoms with van der Waals surface area (Å²) in [5, 5.41) is 11.0. The normalized spacial score (nSPS) is 12.3. The lowest BCUT2D eigenvalue weighted by molar-refractivity contribution is -0.387. The Hall–Kier alpha value is -3.55. The van der Waals surface area contributed by atoms with Crippen LogP contribution >= 0.6 is 0 Å². The van der Waals surface area contributed by atoms with Crippen molar-refractivity contribution in [3.05, 3.63) is 87.6 Å². The maximum absolute atomic E-state index is 12.6. The van der Waals surface area contributed by atoms with Crippen molar-refractivity contribution in [2.45, 2.75) is 36.9 Å². The standard InChI is InChI=1S/C24H24F3N3O6S/c25-24(26,27)19-11-8-18(9-12-19)10-13-23-29-20(17-36-23)16-35-15-5-1-4-14-28-37(33,34)22-7-3-2-6-21(22)30(31)32/h2-3,6-13,17,28H,1,4-5,14-16H2/b13-10+. The van der Waals surface area contributed by atoms with E-state index in [0.717, 1.165) is 18.2 Å². The number of nitro benzene ring substituents is 1. The van der Waals surface area contributed by atoms with Crippen molar-refractivity contribution in [1.82, 2.24) is 9.71 Å². The molecule has 0 spiro atoms. The van der Waals surface area contributed by atoms with Crippen LogP contribution in [0.5, 0.6) is 0 Å². The average molecular weight is 540 g/mol. The van der Waals surface area contributed by atoms with Gasteiger partial charge >= 0.3 is 6.18 Å². The number of alkyl halides is 3. The number of nitrogens with zero attached hydrogens (tertiary/aromatic N) is 2. The quantitative estimate of drug-likeness (QED) is 0.174. The summed E-state index contributed by atoms with van der Waals surface area (Å²) in [6.45, 7) is 0.731. The number of hydrogen-bond donors (Lipinski definition) is 1. The van der Waals surface area contributed by atoms with Crippen molar-refractivity contribution in [3.8, 4) is 0 Å². The lowest BCUT2D eigenvalue weighted by Crippen LogP contribution is -2.25. The summed E-state index contributed by atoms with van der Waals surface area (Å²) in [6.07, 6.45) is 2.00. The van der Waals surface area contributed by atoms with Crippen molar-refractivity contribution in [2.24, 2.45) is 0 Å². The fraction of sp³-hybridized carbons (Fsp3) is 0.292. The largest absolute Gasteiger partial charge is 0.445 e. The molecular weight excluding hydrogens is 515 g/mol. The van der Waals surface area contributed by atoms with E-state index in [0.29, 0.717) is 37.1 Å².